The van der Waals surface area contributed by atoms with Crippen molar-refractivity contribution in [2.75, 3.05) is 12.0 Å². The van der Waals surface area contributed by atoms with E-state index in [0.29, 0.717) is 23.0 Å². The fraction of sp³-hybridized carbons (Fsp3) is 0.250. The predicted octanol–water partition coefficient (Wildman–Crippen LogP) is 2.20. The topological polar surface area (TPSA) is 94.2 Å². The second kappa shape index (κ2) is 8.04. The molecule has 9 heteroatoms. The number of carbonyl (C=O) groups is 1. The van der Waals surface area contributed by atoms with Crippen LogP contribution in [0.25, 0.3) is 16.4 Å². The Hall–Kier alpha value is -3.20. The van der Waals surface area contributed by atoms with E-state index in [1.807, 2.05) is 35.1 Å². The van der Waals surface area contributed by atoms with Gasteiger partial charge in [0.25, 0.3) is 11.5 Å². The average molecular weight is 408 g/mol. The van der Waals surface area contributed by atoms with Crippen molar-refractivity contribution in [2.45, 2.75) is 12.5 Å². The van der Waals surface area contributed by atoms with Gasteiger partial charge < -0.3 is 5.32 Å². The van der Waals surface area contributed by atoms with E-state index in [9.17, 15) is 9.59 Å². The molecule has 0 aliphatic heterocycles. The van der Waals surface area contributed by atoms with Gasteiger partial charge in [0.1, 0.15) is 0 Å². The molecule has 1 aromatic carbocycles. The Morgan fingerprint density at radius 3 is 2.69 bits per heavy atom. The van der Waals surface area contributed by atoms with Gasteiger partial charge in [0.05, 0.1) is 11.4 Å². The van der Waals surface area contributed by atoms with Crippen molar-refractivity contribution in [3.63, 3.8) is 0 Å². The van der Waals surface area contributed by atoms with Crippen LogP contribution in [0.15, 0.2) is 53.5 Å². The Morgan fingerprint density at radius 1 is 1.14 bits per heavy atom. The minimum absolute atomic E-state index is 0.214. The van der Waals surface area contributed by atoms with Crippen LogP contribution >= 0.6 is 11.8 Å². The van der Waals surface area contributed by atoms with Gasteiger partial charge in [-0.3, -0.25) is 14.0 Å². The predicted molar refractivity (Wildman–Crippen MR) is 113 cm³/mol. The number of hydrogen-bond acceptors (Lipinski definition) is 6. The first-order valence-electron chi connectivity index (χ1n) is 9.15. The molecule has 0 aliphatic carbocycles. The summed E-state index contributed by atoms with van der Waals surface area (Å²) in [5.41, 5.74) is 0.696. The summed E-state index contributed by atoms with van der Waals surface area (Å²) in [6.07, 6.45) is 4.58. The highest BCUT2D eigenvalue weighted by molar-refractivity contribution is 7.98. The number of benzene rings is 1. The van der Waals surface area contributed by atoms with Crippen LogP contribution in [0.1, 0.15) is 28.8 Å². The van der Waals surface area contributed by atoms with Crippen LogP contribution in [0.3, 0.4) is 0 Å². The highest BCUT2D eigenvalue weighted by atomic mass is 32.2. The van der Waals surface area contributed by atoms with Gasteiger partial charge in [-0.15, -0.1) is 10.2 Å². The molecule has 4 rings (SSSR count). The number of amides is 1. The number of rotatable bonds is 6. The maximum Gasteiger partial charge on any atom is 0.274 e. The van der Waals surface area contributed by atoms with Crippen molar-refractivity contribution in [1.82, 2.24) is 29.7 Å². The third-order valence-corrected chi connectivity index (χ3v) is 5.38. The maximum atomic E-state index is 13.2. The van der Waals surface area contributed by atoms with Crippen LogP contribution in [0.4, 0.5) is 0 Å². The molecule has 3 heterocycles. The Bertz CT molecular complexity index is 1250. The second-order valence-electron chi connectivity index (χ2n) is 6.62. The van der Waals surface area contributed by atoms with Gasteiger partial charge >= 0.3 is 0 Å². The standard InChI is InChI=1S/C20H20N6O2S/c1-25-20(28)14-8-4-3-7-13(14)17(24-25)19(27)21-15(10-12-29-2)18-23-22-16-9-5-6-11-26(16)18/h3-9,11,15H,10,12H2,1-2H3,(H,21,27). The average Bonchev–Trinajstić information content (AvgIpc) is 3.17. The van der Waals surface area contributed by atoms with Crippen molar-refractivity contribution in [1.29, 1.82) is 0 Å². The molecule has 1 amide bonds. The Labute approximate surface area is 170 Å². The SMILES string of the molecule is CSCCC(NC(=O)c1nn(C)c(=O)c2ccccc12)c1nnc2ccccn12. The molecule has 3 aromatic heterocycles. The minimum Gasteiger partial charge on any atom is -0.341 e. The van der Waals surface area contributed by atoms with Crippen LogP contribution in [0.2, 0.25) is 0 Å². The van der Waals surface area contributed by atoms with Crippen LogP contribution < -0.4 is 10.9 Å². The second-order valence-corrected chi connectivity index (χ2v) is 7.60. The summed E-state index contributed by atoms with van der Waals surface area (Å²) in [6, 6.07) is 12.3. The van der Waals surface area contributed by atoms with Crippen molar-refractivity contribution in [3.05, 3.63) is 70.5 Å². The summed E-state index contributed by atoms with van der Waals surface area (Å²) in [5.74, 6) is 1.15. The lowest BCUT2D eigenvalue weighted by Gasteiger charge is -2.17. The fourth-order valence-electron chi connectivity index (χ4n) is 3.29. The number of hydrogen-bond donors (Lipinski definition) is 1. The van der Waals surface area contributed by atoms with E-state index in [1.54, 1.807) is 43.1 Å². The number of fused-ring (bicyclic) bond motifs is 2. The van der Waals surface area contributed by atoms with Gasteiger partial charge in [0.2, 0.25) is 0 Å². The third kappa shape index (κ3) is 3.61. The molecule has 0 fully saturated rings. The summed E-state index contributed by atoms with van der Waals surface area (Å²) in [5, 5.41) is 16.8. The normalized spacial score (nSPS) is 12.3. The molecule has 0 saturated heterocycles. The van der Waals surface area contributed by atoms with Gasteiger partial charge in [-0.25, -0.2) is 4.68 Å². The van der Waals surface area contributed by atoms with Gasteiger partial charge in [-0.05, 0) is 36.6 Å². The Morgan fingerprint density at radius 2 is 1.90 bits per heavy atom. The van der Waals surface area contributed by atoms with Crippen molar-refractivity contribution in [3.8, 4) is 0 Å². The molecular weight excluding hydrogens is 388 g/mol. The fourth-order valence-corrected chi connectivity index (χ4v) is 3.76. The first-order chi connectivity index (χ1) is 14.1. The number of aryl methyl sites for hydroxylation is 1. The Kier molecular flexibility index (Phi) is 5.30. The third-order valence-electron chi connectivity index (χ3n) is 4.74. The molecule has 0 aliphatic rings. The zero-order chi connectivity index (χ0) is 20.4. The van der Waals surface area contributed by atoms with E-state index in [1.165, 1.54) is 4.68 Å². The maximum absolute atomic E-state index is 13.2. The molecule has 0 saturated carbocycles. The molecule has 0 spiro atoms. The van der Waals surface area contributed by atoms with E-state index in [-0.39, 0.29) is 23.2 Å². The lowest BCUT2D eigenvalue weighted by Crippen LogP contribution is -2.33. The molecule has 148 valence electrons. The minimum atomic E-state index is -0.351. The number of carbonyl (C=O) groups excluding carboxylic acids is 1. The number of nitrogens with zero attached hydrogens (tertiary/aromatic N) is 5. The molecule has 1 unspecified atom stereocenters. The molecule has 0 bridgehead atoms. The summed E-state index contributed by atoms with van der Waals surface area (Å²) in [4.78, 5) is 25.5. The molecule has 4 aromatic rings. The first-order valence-corrected chi connectivity index (χ1v) is 10.5. The molecule has 29 heavy (non-hydrogen) atoms. The van der Waals surface area contributed by atoms with E-state index >= 15 is 0 Å². The molecule has 8 nitrogen and oxygen atoms in total. The van der Waals surface area contributed by atoms with Gasteiger partial charge in [0, 0.05) is 18.6 Å². The lowest BCUT2D eigenvalue weighted by atomic mass is 10.1. The van der Waals surface area contributed by atoms with Gasteiger partial charge in [-0.1, -0.05) is 24.3 Å². The van der Waals surface area contributed by atoms with E-state index in [0.717, 1.165) is 11.4 Å². The monoisotopic (exact) mass is 408 g/mol. The summed E-state index contributed by atoms with van der Waals surface area (Å²) < 4.78 is 3.07. The van der Waals surface area contributed by atoms with Crippen LogP contribution in [-0.4, -0.2) is 42.3 Å². The van der Waals surface area contributed by atoms with Crippen molar-refractivity contribution < 1.29 is 4.79 Å². The highest BCUT2D eigenvalue weighted by Crippen LogP contribution is 2.20. The number of pyridine rings is 1. The zero-order valence-electron chi connectivity index (χ0n) is 16.1. The summed E-state index contributed by atoms with van der Waals surface area (Å²) in [7, 11) is 1.54. The number of thioether (sulfide) groups is 1. The molecular formula is C20H20N6O2S. The van der Waals surface area contributed by atoms with Crippen molar-refractivity contribution in [2.24, 2.45) is 7.05 Å². The smallest absolute Gasteiger partial charge is 0.274 e. The van der Waals surface area contributed by atoms with Gasteiger partial charge in [-0.2, -0.15) is 16.9 Å². The van der Waals surface area contributed by atoms with Crippen LogP contribution in [0.5, 0.6) is 0 Å². The molecule has 1 atom stereocenters. The van der Waals surface area contributed by atoms with Gasteiger partial charge in [0.15, 0.2) is 17.2 Å². The zero-order valence-corrected chi connectivity index (χ0v) is 16.9. The van der Waals surface area contributed by atoms with E-state index < -0.39 is 0 Å². The quantitative estimate of drug-likeness (QED) is 0.526. The molecule has 0 radical (unpaired) electrons. The van der Waals surface area contributed by atoms with E-state index in [2.05, 4.69) is 20.6 Å². The number of nitrogens with one attached hydrogen (secondary N) is 1. The highest BCUT2D eigenvalue weighted by Gasteiger charge is 2.23. The van der Waals surface area contributed by atoms with E-state index in [4.69, 9.17) is 0 Å². The van der Waals surface area contributed by atoms with Crippen molar-refractivity contribution >= 4 is 34.1 Å². The summed E-state index contributed by atoms with van der Waals surface area (Å²) in [6.45, 7) is 0. The Balaban J connectivity index is 1.74. The summed E-state index contributed by atoms with van der Waals surface area (Å²) >= 11 is 1.69. The molecule has 1 N–H and O–H groups in total. The van der Waals surface area contributed by atoms with Crippen LogP contribution in [0, 0.1) is 0 Å². The number of aromatic nitrogens is 5. The lowest BCUT2D eigenvalue weighted by molar-refractivity contribution is 0.0928. The van der Waals surface area contributed by atoms with Crippen LogP contribution in [-0.2, 0) is 7.05 Å². The largest absolute Gasteiger partial charge is 0.341 e. The first kappa shape index (κ1) is 19.1.